The monoisotopic (exact) mass is 256 g/mol. The highest BCUT2D eigenvalue weighted by Crippen LogP contribution is 2.19. The average Bonchev–Trinajstić information content (AvgIpc) is 2.39. The van der Waals surface area contributed by atoms with E-state index in [1.54, 1.807) is 0 Å². The van der Waals surface area contributed by atoms with Gasteiger partial charge in [-0.05, 0) is 55.2 Å². The molecule has 0 amide bonds. The normalized spacial score (nSPS) is 12.2. The summed E-state index contributed by atoms with van der Waals surface area (Å²) in [7, 11) is 0. The van der Waals surface area contributed by atoms with Crippen molar-refractivity contribution in [1.82, 2.24) is 0 Å². The number of hydrogen-bond donors (Lipinski definition) is 1. The number of hydrogen-bond acceptors (Lipinski definition) is 2. The Kier molecular flexibility index (Phi) is 4.23. The van der Waals surface area contributed by atoms with Crippen LogP contribution in [0, 0.1) is 20.8 Å². The molecule has 0 radical (unpaired) electrons. The fourth-order valence-electron chi connectivity index (χ4n) is 1.95. The van der Waals surface area contributed by atoms with Crippen LogP contribution in [-0.2, 0) is 0 Å². The maximum absolute atomic E-state index is 10.1. The number of ether oxygens (including phenoxy) is 1. The molecule has 2 heteroatoms. The summed E-state index contributed by atoms with van der Waals surface area (Å²) in [6.07, 6.45) is -0.597. The van der Waals surface area contributed by atoms with Gasteiger partial charge in [-0.15, -0.1) is 0 Å². The van der Waals surface area contributed by atoms with E-state index in [-0.39, 0.29) is 6.61 Å². The Labute approximate surface area is 114 Å². The van der Waals surface area contributed by atoms with E-state index in [4.69, 9.17) is 4.74 Å². The van der Waals surface area contributed by atoms with Crippen molar-refractivity contribution < 1.29 is 9.84 Å². The highest BCUT2D eigenvalue weighted by molar-refractivity contribution is 5.31. The molecule has 1 atom stereocenters. The van der Waals surface area contributed by atoms with Crippen LogP contribution in [0.4, 0.5) is 0 Å². The minimum Gasteiger partial charge on any atom is -0.491 e. The van der Waals surface area contributed by atoms with Crippen molar-refractivity contribution in [2.45, 2.75) is 26.9 Å². The molecule has 0 aromatic heterocycles. The Hall–Kier alpha value is -1.80. The minimum atomic E-state index is -0.597. The molecule has 2 nitrogen and oxygen atoms in total. The predicted molar refractivity (Wildman–Crippen MR) is 77.5 cm³/mol. The standard InChI is InChI=1S/C17H20O2/c1-12-5-4-6-16(9-12)19-11-17(18)15-8-7-13(2)14(3)10-15/h4-10,17-18H,11H2,1-3H3. The minimum absolute atomic E-state index is 0.270. The number of aryl methyl sites for hydroxylation is 3. The molecule has 2 aromatic rings. The van der Waals surface area contributed by atoms with Gasteiger partial charge in [0.05, 0.1) is 0 Å². The first-order chi connectivity index (χ1) is 9.06. The van der Waals surface area contributed by atoms with Crippen LogP contribution in [0.1, 0.15) is 28.4 Å². The van der Waals surface area contributed by atoms with Crippen LogP contribution in [0.25, 0.3) is 0 Å². The lowest BCUT2D eigenvalue weighted by atomic mass is 10.0. The molecule has 0 aliphatic rings. The van der Waals surface area contributed by atoms with E-state index < -0.39 is 6.10 Å². The van der Waals surface area contributed by atoms with Crippen molar-refractivity contribution in [3.05, 3.63) is 64.7 Å². The Balaban J connectivity index is 2.01. The molecule has 0 bridgehead atoms. The molecule has 0 spiro atoms. The van der Waals surface area contributed by atoms with Crippen LogP contribution in [0.5, 0.6) is 5.75 Å². The van der Waals surface area contributed by atoms with E-state index in [2.05, 4.69) is 6.92 Å². The van der Waals surface area contributed by atoms with Crippen LogP contribution in [0.3, 0.4) is 0 Å². The fourth-order valence-corrected chi connectivity index (χ4v) is 1.95. The summed E-state index contributed by atoms with van der Waals surface area (Å²) in [6.45, 7) is 6.40. The zero-order valence-electron chi connectivity index (χ0n) is 11.7. The van der Waals surface area contributed by atoms with Gasteiger partial charge in [-0.1, -0.05) is 30.3 Å². The molecule has 0 aliphatic heterocycles. The molecular formula is C17H20O2. The largest absolute Gasteiger partial charge is 0.491 e. The second-order valence-electron chi connectivity index (χ2n) is 4.99. The van der Waals surface area contributed by atoms with Crippen molar-refractivity contribution in [3.8, 4) is 5.75 Å². The summed E-state index contributed by atoms with van der Waals surface area (Å²) in [5.74, 6) is 0.794. The van der Waals surface area contributed by atoms with Gasteiger partial charge in [-0.25, -0.2) is 0 Å². The Morgan fingerprint density at radius 1 is 1.00 bits per heavy atom. The van der Waals surface area contributed by atoms with Gasteiger partial charge < -0.3 is 9.84 Å². The fraction of sp³-hybridized carbons (Fsp3) is 0.294. The summed E-state index contributed by atoms with van der Waals surface area (Å²) < 4.78 is 5.62. The van der Waals surface area contributed by atoms with Crippen molar-refractivity contribution in [3.63, 3.8) is 0 Å². The highest BCUT2D eigenvalue weighted by Gasteiger charge is 2.09. The van der Waals surface area contributed by atoms with Gasteiger partial charge in [0.2, 0.25) is 0 Å². The van der Waals surface area contributed by atoms with E-state index in [1.807, 2.05) is 56.3 Å². The third kappa shape index (κ3) is 3.58. The zero-order chi connectivity index (χ0) is 13.8. The smallest absolute Gasteiger partial charge is 0.119 e. The molecule has 0 saturated heterocycles. The van der Waals surface area contributed by atoms with Gasteiger partial charge in [-0.2, -0.15) is 0 Å². The Morgan fingerprint density at radius 2 is 1.79 bits per heavy atom. The molecule has 2 aromatic carbocycles. The van der Waals surface area contributed by atoms with Gasteiger partial charge in [0.25, 0.3) is 0 Å². The maximum Gasteiger partial charge on any atom is 0.119 e. The van der Waals surface area contributed by atoms with Crippen molar-refractivity contribution in [1.29, 1.82) is 0 Å². The molecule has 100 valence electrons. The molecule has 2 rings (SSSR count). The van der Waals surface area contributed by atoms with Crippen LogP contribution in [-0.4, -0.2) is 11.7 Å². The SMILES string of the molecule is Cc1cccc(OCC(O)c2ccc(C)c(C)c2)c1. The van der Waals surface area contributed by atoms with E-state index in [1.165, 1.54) is 11.1 Å². The summed E-state index contributed by atoms with van der Waals surface area (Å²) in [5, 5.41) is 10.1. The van der Waals surface area contributed by atoms with E-state index >= 15 is 0 Å². The molecule has 19 heavy (non-hydrogen) atoms. The van der Waals surface area contributed by atoms with Crippen molar-refractivity contribution in [2.24, 2.45) is 0 Å². The maximum atomic E-state index is 10.1. The van der Waals surface area contributed by atoms with Crippen molar-refractivity contribution >= 4 is 0 Å². The molecule has 1 unspecified atom stereocenters. The molecule has 0 aliphatic carbocycles. The highest BCUT2D eigenvalue weighted by atomic mass is 16.5. The third-order valence-electron chi connectivity index (χ3n) is 3.31. The van der Waals surface area contributed by atoms with Crippen LogP contribution >= 0.6 is 0 Å². The Morgan fingerprint density at radius 3 is 2.47 bits per heavy atom. The average molecular weight is 256 g/mol. The first-order valence-electron chi connectivity index (χ1n) is 6.51. The second-order valence-corrected chi connectivity index (χ2v) is 4.99. The van der Waals surface area contributed by atoms with Gasteiger partial charge in [0.15, 0.2) is 0 Å². The number of aliphatic hydroxyl groups is 1. The predicted octanol–water partition coefficient (Wildman–Crippen LogP) is 3.72. The third-order valence-corrected chi connectivity index (χ3v) is 3.31. The molecule has 0 heterocycles. The Bertz CT molecular complexity index is 561. The molecule has 0 saturated carbocycles. The van der Waals surface area contributed by atoms with Gasteiger partial charge in [-0.3, -0.25) is 0 Å². The summed E-state index contributed by atoms with van der Waals surface area (Å²) in [4.78, 5) is 0. The lowest BCUT2D eigenvalue weighted by Crippen LogP contribution is -2.10. The summed E-state index contributed by atoms with van der Waals surface area (Å²) >= 11 is 0. The van der Waals surface area contributed by atoms with Crippen LogP contribution in [0.2, 0.25) is 0 Å². The lowest BCUT2D eigenvalue weighted by molar-refractivity contribution is 0.108. The molecule has 1 N–H and O–H groups in total. The van der Waals surface area contributed by atoms with E-state index in [0.29, 0.717) is 0 Å². The summed E-state index contributed by atoms with van der Waals surface area (Å²) in [5.41, 5.74) is 4.47. The quantitative estimate of drug-likeness (QED) is 0.903. The van der Waals surface area contributed by atoms with E-state index in [0.717, 1.165) is 16.9 Å². The van der Waals surface area contributed by atoms with Crippen molar-refractivity contribution in [2.75, 3.05) is 6.61 Å². The van der Waals surface area contributed by atoms with Crippen LogP contribution < -0.4 is 4.74 Å². The zero-order valence-corrected chi connectivity index (χ0v) is 11.7. The number of rotatable bonds is 4. The molecule has 0 fully saturated rings. The first kappa shape index (κ1) is 13.6. The first-order valence-corrected chi connectivity index (χ1v) is 6.51. The van der Waals surface area contributed by atoms with E-state index in [9.17, 15) is 5.11 Å². The van der Waals surface area contributed by atoms with Crippen LogP contribution in [0.15, 0.2) is 42.5 Å². The lowest BCUT2D eigenvalue weighted by Gasteiger charge is -2.14. The summed E-state index contributed by atoms with van der Waals surface area (Å²) in [6, 6.07) is 13.8. The van der Waals surface area contributed by atoms with Gasteiger partial charge >= 0.3 is 0 Å². The number of benzene rings is 2. The van der Waals surface area contributed by atoms with Gasteiger partial charge in [0.1, 0.15) is 18.5 Å². The molecular weight excluding hydrogens is 236 g/mol. The van der Waals surface area contributed by atoms with Gasteiger partial charge in [0, 0.05) is 0 Å². The topological polar surface area (TPSA) is 29.5 Å². The second kappa shape index (κ2) is 5.89. The number of aliphatic hydroxyl groups excluding tert-OH is 1.